The van der Waals surface area contributed by atoms with Crippen LogP contribution in [0.3, 0.4) is 0 Å². The van der Waals surface area contributed by atoms with Crippen molar-refractivity contribution in [2.24, 2.45) is 0 Å². The van der Waals surface area contributed by atoms with E-state index in [9.17, 15) is 19.2 Å². The molecule has 270 valence electrons. The van der Waals surface area contributed by atoms with Gasteiger partial charge in [0.2, 0.25) is 0 Å². The Morgan fingerprint density at radius 1 is 0.440 bits per heavy atom. The summed E-state index contributed by atoms with van der Waals surface area (Å²) in [6, 6.07) is 13.8. The standard InChI is InChI=1S/C37H49N5O8/c1-34(2,3)47-30(43)39-26-17-13-22(19-28(26)41-32(45)49-36(7,8)9)24-15-16-25(38-21-24)23-14-18-27(40-31(44)48-35(4,5)6)29(20-23)42-33(46)50-37(10,11)12/h13-21H,1-12H3,(H,39,43)(H,40,44)(H,41,45)(H,42,46). The van der Waals surface area contributed by atoms with Crippen molar-refractivity contribution in [1.82, 2.24) is 4.98 Å². The first kappa shape index (κ1) is 39.1. The van der Waals surface area contributed by atoms with Crippen LogP contribution in [0.25, 0.3) is 22.4 Å². The maximum absolute atomic E-state index is 12.7. The normalized spacial score (nSPS) is 11.9. The number of rotatable bonds is 6. The van der Waals surface area contributed by atoms with Gasteiger partial charge in [0.15, 0.2) is 0 Å². The number of amides is 4. The van der Waals surface area contributed by atoms with Gasteiger partial charge in [-0.05, 0) is 119 Å². The highest BCUT2D eigenvalue weighted by molar-refractivity contribution is 5.98. The topological polar surface area (TPSA) is 166 Å². The van der Waals surface area contributed by atoms with Crippen molar-refractivity contribution in [1.29, 1.82) is 0 Å². The molecule has 2 aromatic carbocycles. The van der Waals surface area contributed by atoms with Gasteiger partial charge in [-0.2, -0.15) is 0 Å². The Morgan fingerprint density at radius 3 is 1.10 bits per heavy atom. The highest BCUT2D eigenvalue weighted by Crippen LogP contribution is 2.33. The number of anilines is 4. The summed E-state index contributed by atoms with van der Waals surface area (Å²) in [6.45, 7) is 21.0. The first-order chi connectivity index (χ1) is 22.9. The van der Waals surface area contributed by atoms with E-state index in [-0.39, 0.29) is 11.4 Å². The molecular formula is C37H49N5O8. The minimum absolute atomic E-state index is 0.277. The number of hydrogen-bond donors (Lipinski definition) is 4. The smallest absolute Gasteiger partial charge is 0.412 e. The highest BCUT2D eigenvalue weighted by Gasteiger charge is 2.23. The number of benzene rings is 2. The molecule has 0 spiro atoms. The average molecular weight is 692 g/mol. The molecule has 50 heavy (non-hydrogen) atoms. The van der Waals surface area contributed by atoms with Crippen LogP contribution in [-0.2, 0) is 18.9 Å². The van der Waals surface area contributed by atoms with Crippen LogP contribution in [-0.4, -0.2) is 51.8 Å². The molecule has 0 saturated heterocycles. The Balaban J connectivity index is 1.95. The minimum Gasteiger partial charge on any atom is -0.444 e. The molecule has 1 aromatic heterocycles. The number of carbonyl (C=O) groups is 4. The Bertz CT molecular complexity index is 1580. The molecule has 4 N–H and O–H groups in total. The lowest BCUT2D eigenvalue weighted by atomic mass is 10.0. The molecule has 3 rings (SSSR count). The summed E-state index contributed by atoms with van der Waals surface area (Å²) in [5, 5.41) is 10.8. The summed E-state index contributed by atoms with van der Waals surface area (Å²) in [5.41, 5.74) is 0.844. The summed E-state index contributed by atoms with van der Waals surface area (Å²) in [6.07, 6.45) is -1.12. The molecule has 0 aliphatic rings. The fourth-order valence-electron chi connectivity index (χ4n) is 4.24. The van der Waals surface area contributed by atoms with E-state index in [2.05, 4.69) is 26.3 Å². The predicted octanol–water partition coefficient (Wildman–Crippen LogP) is 9.80. The largest absolute Gasteiger partial charge is 0.444 e. The van der Waals surface area contributed by atoms with Crippen molar-refractivity contribution in [2.45, 2.75) is 105 Å². The first-order valence-corrected chi connectivity index (χ1v) is 16.1. The van der Waals surface area contributed by atoms with Crippen molar-refractivity contribution in [3.8, 4) is 22.4 Å². The maximum Gasteiger partial charge on any atom is 0.412 e. The van der Waals surface area contributed by atoms with Gasteiger partial charge >= 0.3 is 24.4 Å². The van der Waals surface area contributed by atoms with E-state index in [1.54, 1.807) is 132 Å². The second kappa shape index (κ2) is 15.1. The van der Waals surface area contributed by atoms with Crippen LogP contribution in [0.2, 0.25) is 0 Å². The van der Waals surface area contributed by atoms with Crippen LogP contribution < -0.4 is 21.3 Å². The van der Waals surface area contributed by atoms with Crippen LogP contribution in [0.5, 0.6) is 0 Å². The molecule has 1 heterocycles. The number of hydrogen-bond acceptors (Lipinski definition) is 9. The summed E-state index contributed by atoms with van der Waals surface area (Å²) >= 11 is 0. The van der Waals surface area contributed by atoms with Crippen molar-refractivity contribution >= 4 is 47.1 Å². The summed E-state index contributed by atoms with van der Waals surface area (Å²) in [4.78, 5) is 55.1. The molecule has 0 aliphatic carbocycles. The third-order valence-electron chi connectivity index (χ3n) is 5.97. The van der Waals surface area contributed by atoms with Crippen LogP contribution >= 0.6 is 0 Å². The molecule has 0 atom stereocenters. The van der Waals surface area contributed by atoms with Gasteiger partial charge < -0.3 is 18.9 Å². The molecule has 13 heteroatoms. The Hall–Kier alpha value is -5.33. The zero-order chi connectivity index (χ0) is 37.7. The second-order valence-electron chi connectivity index (χ2n) is 15.5. The lowest BCUT2D eigenvalue weighted by Crippen LogP contribution is -2.29. The quantitative estimate of drug-likeness (QED) is 0.184. The minimum atomic E-state index is -0.746. The predicted molar refractivity (Wildman–Crippen MR) is 195 cm³/mol. The number of nitrogens with one attached hydrogen (secondary N) is 4. The first-order valence-electron chi connectivity index (χ1n) is 16.1. The van der Waals surface area contributed by atoms with E-state index in [0.29, 0.717) is 33.8 Å². The van der Waals surface area contributed by atoms with E-state index in [0.717, 1.165) is 0 Å². The van der Waals surface area contributed by atoms with Crippen LogP contribution in [0.4, 0.5) is 41.9 Å². The van der Waals surface area contributed by atoms with Gasteiger partial charge in [0.05, 0.1) is 28.4 Å². The third kappa shape index (κ3) is 13.3. The monoisotopic (exact) mass is 691 g/mol. The molecule has 0 bridgehead atoms. The number of carbonyl (C=O) groups excluding carboxylic acids is 4. The number of ether oxygens (including phenoxy) is 4. The third-order valence-corrected chi connectivity index (χ3v) is 5.97. The Labute approximate surface area is 293 Å². The van der Waals surface area contributed by atoms with Crippen LogP contribution in [0, 0.1) is 0 Å². The van der Waals surface area contributed by atoms with Gasteiger partial charge in [-0.15, -0.1) is 0 Å². The molecule has 0 fully saturated rings. The average Bonchev–Trinajstić information content (AvgIpc) is 2.91. The molecular weight excluding hydrogens is 642 g/mol. The van der Waals surface area contributed by atoms with Crippen LogP contribution in [0.15, 0.2) is 54.7 Å². The molecule has 0 aliphatic heterocycles. The lowest BCUT2D eigenvalue weighted by molar-refractivity contribution is 0.0621. The molecule has 3 aromatic rings. The molecule has 4 amide bonds. The van der Waals surface area contributed by atoms with Gasteiger partial charge in [0.25, 0.3) is 0 Å². The Morgan fingerprint density at radius 2 is 0.760 bits per heavy atom. The summed E-state index contributed by atoms with van der Waals surface area (Å²) in [7, 11) is 0. The zero-order valence-electron chi connectivity index (χ0n) is 30.9. The SMILES string of the molecule is CC(C)(C)OC(=O)Nc1ccc(-c2ccc(-c3ccc(NC(=O)OC(C)(C)C)c(NC(=O)OC(C)(C)C)c3)nc2)cc1NC(=O)OC(C)(C)C. The number of nitrogens with zero attached hydrogens (tertiary/aromatic N) is 1. The second-order valence-corrected chi connectivity index (χ2v) is 15.5. The van der Waals surface area contributed by atoms with Gasteiger partial charge in [-0.25, -0.2) is 19.2 Å². The summed E-state index contributed by atoms with van der Waals surface area (Å²) < 4.78 is 21.6. The molecule has 13 nitrogen and oxygen atoms in total. The van der Waals surface area contributed by atoms with E-state index >= 15 is 0 Å². The van der Waals surface area contributed by atoms with E-state index in [1.807, 2.05) is 6.07 Å². The molecule has 0 unspecified atom stereocenters. The van der Waals surface area contributed by atoms with Gasteiger partial charge in [0, 0.05) is 17.3 Å². The maximum atomic E-state index is 12.7. The van der Waals surface area contributed by atoms with Gasteiger partial charge in [0.1, 0.15) is 22.4 Å². The van der Waals surface area contributed by atoms with Gasteiger partial charge in [-0.1, -0.05) is 18.2 Å². The van der Waals surface area contributed by atoms with Crippen molar-refractivity contribution in [3.63, 3.8) is 0 Å². The van der Waals surface area contributed by atoms with Crippen molar-refractivity contribution in [2.75, 3.05) is 21.3 Å². The van der Waals surface area contributed by atoms with E-state index < -0.39 is 46.8 Å². The fourth-order valence-corrected chi connectivity index (χ4v) is 4.24. The zero-order valence-corrected chi connectivity index (χ0v) is 30.9. The number of aromatic nitrogens is 1. The van der Waals surface area contributed by atoms with Gasteiger partial charge in [-0.3, -0.25) is 26.3 Å². The van der Waals surface area contributed by atoms with E-state index in [4.69, 9.17) is 18.9 Å². The van der Waals surface area contributed by atoms with Crippen molar-refractivity contribution in [3.05, 3.63) is 54.7 Å². The highest BCUT2D eigenvalue weighted by atomic mass is 16.6. The van der Waals surface area contributed by atoms with E-state index in [1.165, 1.54) is 0 Å². The number of pyridine rings is 1. The lowest BCUT2D eigenvalue weighted by Gasteiger charge is -2.22. The van der Waals surface area contributed by atoms with Crippen LogP contribution in [0.1, 0.15) is 83.1 Å². The fraction of sp³-hybridized carbons (Fsp3) is 0.432. The molecule has 0 radical (unpaired) electrons. The van der Waals surface area contributed by atoms with Crippen molar-refractivity contribution < 1.29 is 38.1 Å². The summed E-state index contributed by atoms with van der Waals surface area (Å²) in [5.74, 6) is 0. The Kier molecular flexibility index (Phi) is 11.8. The molecule has 0 saturated carbocycles.